The van der Waals surface area contributed by atoms with Crippen LogP contribution in [0, 0.1) is 0 Å². The maximum atomic E-state index is 11.3. The molecule has 4 heteroatoms. The van der Waals surface area contributed by atoms with Gasteiger partial charge in [0, 0.05) is 19.3 Å². The summed E-state index contributed by atoms with van der Waals surface area (Å²) in [6.07, 6.45) is 1.74. The van der Waals surface area contributed by atoms with Crippen molar-refractivity contribution in [3.8, 4) is 0 Å². The van der Waals surface area contributed by atoms with Crippen LogP contribution >= 0.6 is 0 Å². The Balaban J connectivity index is 1.92. The number of H-pyrrole nitrogens is 1. The molecule has 1 amide bonds. The quantitative estimate of drug-likeness (QED) is 0.564. The Morgan fingerprint density at radius 1 is 1.58 bits per heavy atom. The monoisotopic (exact) mass is 165 g/mol. The Morgan fingerprint density at radius 3 is 2.92 bits per heavy atom. The number of aromatic amines is 1. The second-order valence-corrected chi connectivity index (χ2v) is 2.91. The summed E-state index contributed by atoms with van der Waals surface area (Å²) in [5.41, 5.74) is 0.627. The van der Waals surface area contributed by atoms with Crippen molar-refractivity contribution in [1.82, 2.24) is 15.6 Å². The van der Waals surface area contributed by atoms with Crippen molar-refractivity contribution in [2.45, 2.75) is 6.04 Å². The Bertz CT molecular complexity index is 264. The van der Waals surface area contributed by atoms with E-state index in [4.69, 9.17) is 0 Å². The summed E-state index contributed by atoms with van der Waals surface area (Å²) in [6, 6.07) is 3.89. The van der Waals surface area contributed by atoms with Gasteiger partial charge in [-0.2, -0.15) is 0 Å². The molecular weight excluding hydrogens is 154 g/mol. The third-order valence-electron chi connectivity index (χ3n) is 1.96. The lowest BCUT2D eigenvalue weighted by molar-refractivity contribution is 0.0919. The molecule has 2 heterocycles. The average Bonchev–Trinajstić information content (AvgIpc) is 2.47. The lowest BCUT2D eigenvalue weighted by Gasteiger charge is -2.27. The third kappa shape index (κ3) is 1.33. The molecule has 0 unspecified atom stereocenters. The predicted molar refractivity (Wildman–Crippen MR) is 44.9 cm³/mol. The largest absolute Gasteiger partial charge is 0.357 e. The van der Waals surface area contributed by atoms with Crippen molar-refractivity contribution >= 4 is 5.91 Å². The molecule has 3 N–H and O–H groups in total. The molecule has 1 fully saturated rings. The van der Waals surface area contributed by atoms with E-state index < -0.39 is 0 Å². The highest BCUT2D eigenvalue weighted by molar-refractivity contribution is 5.92. The molecule has 1 aliphatic rings. The topological polar surface area (TPSA) is 56.9 Å². The van der Waals surface area contributed by atoms with Gasteiger partial charge in [0.15, 0.2) is 0 Å². The van der Waals surface area contributed by atoms with Crippen LogP contribution in [0.2, 0.25) is 0 Å². The van der Waals surface area contributed by atoms with E-state index in [2.05, 4.69) is 15.6 Å². The Kier molecular flexibility index (Phi) is 1.83. The van der Waals surface area contributed by atoms with Crippen molar-refractivity contribution in [3.05, 3.63) is 24.0 Å². The first-order valence-electron chi connectivity index (χ1n) is 4.01. The molecule has 0 aliphatic carbocycles. The maximum Gasteiger partial charge on any atom is 0.267 e. The molecule has 12 heavy (non-hydrogen) atoms. The normalized spacial score (nSPS) is 17.0. The van der Waals surface area contributed by atoms with Gasteiger partial charge in [-0.15, -0.1) is 0 Å². The fraction of sp³-hybridized carbons (Fsp3) is 0.375. The molecule has 0 aromatic carbocycles. The van der Waals surface area contributed by atoms with Crippen LogP contribution in [0.1, 0.15) is 10.5 Å². The minimum Gasteiger partial charge on any atom is -0.357 e. The standard InChI is InChI=1S/C8H11N3O/c12-8(7-2-1-3-10-7)11-6-4-9-5-6/h1-3,6,9-10H,4-5H2,(H,11,12). The zero-order chi connectivity index (χ0) is 8.39. The van der Waals surface area contributed by atoms with Gasteiger partial charge < -0.3 is 15.6 Å². The fourth-order valence-electron chi connectivity index (χ4n) is 1.13. The highest BCUT2D eigenvalue weighted by Crippen LogP contribution is 1.97. The Labute approximate surface area is 70.4 Å². The summed E-state index contributed by atoms with van der Waals surface area (Å²) >= 11 is 0. The molecule has 64 valence electrons. The van der Waals surface area contributed by atoms with Crippen LogP contribution in [0.3, 0.4) is 0 Å². The average molecular weight is 165 g/mol. The number of carbonyl (C=O) groups excluding carboxylic acids is 1. The molecule has 0 atom stereocenters. The zero-order valence-electron chi connectivity index (χ0n) is 6.63. The van der Waals surface area contributed by atoms with Crippen molar-refractivity contribution in [2.75, 3.05) is 13.1 Å². The van der Waals surface area contributed by atoms with Gasteiger partial charge in [0.25, 0.3) is 5.91 Å². The number of hydrogen-bond acceptors (Lipinski definition) is 2. The minimum absolute atomic E-state index is 0.0218. The first kappa shape index (κ1) is 7.36. The first-order valence-corrected chi connectivity index (χ1v) is 4.01. The lowest BCUT2D eigenvalue weighted by atomic mass is 10.2. The van der Waals surface area contributed by atoms with E-state index in [1.54, 1.807) is 12.3 Å². The second-order valence-electron chi connectivity index (χ2n) is 2.91. The van der Waals surface area contributed by atoms with E-state index in [9.17, 15) is 4.79 Å². The number of amides is 1. The van der Waals surface area contributed by atoms with Gasteiger partial charge in [-0.05, 0) is 12.1 Å². The van der Waals surface area contributed by atoms with Crippen molar-refractivity contribution in [1.29, 1.82) is 0 Å². The van der Waals surface area contributed by atoms with Gasteiger partial charge in [0.1, 0.15) is 5.69 Å². The molecule has 1 aromatic heterocycles. The van der Waals surface area contributed by atoms with Crippen LogP contribution in [0.4, 0.5) is 0 Å². The fourth-order valence-corrected chi connectivity index (χ4v) is 1.13. The predicted octanol–water partition coefficient (Wildman–Crippen LogP) is -0.284. The first-order chi connectivity index (χ1) is 5.86. The van der Waals surface area contributed by atoms with Crippen LogP contribution in [-0.4, -0.2) is 30.0 Å². The van der Waals surface area contributed by atoms with E-state index >= 15 is 0 Å². The van der Waals surface area contributed by atoms with Crippen molar-refractivity contribution < 1.29 is 4.79 Å². The molecule has 4 nitrogen and oxygen atoms in total. The van der Waals surface area contributed by atoms with Crippen LogP contribution < -0.4 is 10.6 Å². The highest BCUT2D eigenvalue weighted by atomic mass is 16.2. The van der Waals surface area contributed by atoms with Gasteiger partial charge >= 0.3 is 0 Å². The number of nitrogens with one attached hydrogen (secondary N) is 3. The van der Waals surface area contributed by atoms with Crippen LogP contribution in [0.15, 0.2) is 18.3 Å². The number of hydrogen-bond donors (Lipinski definition) is 3. The summed E-state index contributed by atoms with van der Waals surface area (Å²) in [4.78, 5) is 14.2. The Morgan fingerprint density at radius 2 is 2.42 bits per heavy atom. The van der Waals surface area contributed by atoms with Crippen molar-refractivity contribution in [2.24, 2.45) is 0 Å². The third-order valence-corrected chi connectivity index (χ3v) is 1.96. The molecular formula is C8H11N3O. The van der Waals surface area contributed by atoms with Gasteiger partial charge in [0.2, 0.25) is 0 Å². The molecule has 0 saturated carbocycles. The van der Waals surface area contributed by atoms with Gasteiger partial charge in [-0.1, -0.05) is 0 Å². The van der Waals surface area contributed by atoms with Crippen molar-refractivity contribution in [3.63, 3.8) is 0 Å². The number of carbonyl (C=O) groups is 1. The maximum absolute atomic E-state index is 11.3. The van der Waals surface area contributed by atoms with Gasteiger partial charge in [-0.3, -0.25) is 4.79 Å². The summed E-state index contributed by atoms with van der Waals surface area (Å²) in [6.45, 7) is 1.76. The molecule has 0 bridgehead atoms. The van der Waals surface area contributed by atoms with E-state index in [1.165, 1.54) is 0 Å². The molecule has 0 radical (unpaired) electrons. The van der Waals surface area contributed by atoms with Crippen LogP contribution in [-0.2, 0) is 0 Å². The molecule has 1 aromatic rings. The summed E-state index contributed by atoms with van der Waals surface area (Å²) in [5.74, 6) is -0.0218. The number of rotatable bonds is 2. The van der Waals surface area contributed by atoms with E-state index in [-0.39, 0.29) is 5.91 Å². The SMILES string of the molecule is O=C(NC1CNC1)c1ccc[nH]1. The van der Waals surface area contributed by atoms with Crippen LogP contribution in [0.5, 0.6) is 0 Å². The van der Waals surface area contributed by atoms with E-state index in [1.807, 2.05) is 6.07 Å². The lowest BCUT2D eigenvalue weighted by Crippen LogP contribution is -2.56. The smallest absolute Gasteiger partial charge is 0.267 e. The van der Waals surface area contributed by atoms with Gasteiger partial charge in [-0.25, -0.2) is 0 Å². The summed E-state index contributed by atoms with van der Waals surface area (Å²) < 4.78 is 0. The van der Waals surface area contributed by atoms with E-state index in [0.29, 0.717) is 11.7 Å². The zero-order valence-corrected chi connectivity index (χ0v) is 6.63. The molecule has 1 saturated heterocycles. The molecule has 0 spiro atoms. The Hall–Kier alpha value is -1.29. The highest BCUT2D eigenvalue weighted by Gasteiger charge is 2.19. The van der Waals surface area contributed by atoms with Gasteiger partial charge in [0.05, 0.1) is 6.04 Å². The second kappa shape index (κ2) is 2.98. The number of aromatic nitrogens is 1. The summed E-state index contributed by atoms with van der Waals surface area (Å²) in [7, 11) is 0. The minimum atomic E-state index is -0.0218. The van der Waals surface area contributed by atoms with Crippen LogP contribution in [0.25, 0.3) is 0 Å². The molecule has 2 rings (SSSR count). The van der Waals surface area contributed by atoms with E-state index in [0.717, 1.165) is 13.1 Å². The summed E-state index contributed by atoms with van der Waals surface area (Å²) in [5, 5.41) is 5.97. The molecule has 1 aliphatic heterocycles.